The van der Waals surface area contributed by atoms with Gasteiger partial charge in [-0.05, 0) is 74.2 Å². The van der Waals surface area contributed by atoms with Crippen molar-refractivity contribution in [2.75, 3.05) is 13.7 Å². The number of ether oxygens (including phenoxy) is 1. The van der Waals surface area contributed by atoms with Crippen LogP contribution in [-0.4, -0.2) is 39.4 Å². The van der Waals surface area contributed by atoms with Gasteiger partial charge in [0.05, 0.1) is 34.1 Å². The molecule has 0 radical (unpaired) electrons. The molecule has 0 aliphatic carbocycles. The number of carbonyl (C=O) groups is 1. The Kier molecular flexibility index (Phi) is 6.59. The number of benzene rings is 3. The molecule has 1 aliphatic heterocycles. The third-order valence-corrected chi connectivity index (χ3v) is 9.12. The Morgan fingerprint density at radius 3 is 2.60 bits per heavy atom. The Labute approximate surface area is 238 Å². The first-order valence-electron chi connectivity index (χ1n) is 12.8. The molecular formula is C30H25ClF2N4O2S. The van der Waals surface area contributed by atoms with E-state index in [9.17, 15) is 13.6 Å². The molecule has 5 aromatic rings. The van der Waals surface area contributed by atoms with Crippen molar-refractivity contribution in [1.29, 1.82) is 0 Å². The van der Waals surface area contributed by atoms with Crippen LogP contribution in [0, 0.1) is 18.6 Å². The third kappa shape index (κ3) is 4.33. The molecule has 40 heavy (non-hydrogen) atoms. The summed E-state index contributed by atoms with van der Waals surface area (Å²) in [5.41, 5.74) is 3.23. The maximum atomic E-state index is 14.3. The molecule has 204 valence electrons. The van der Waals surface area contributed by atoms with Crippen LogP contribution in [0.4, 0.5) is 8.78 Å². The Morgan fingerprint density at radius 2 is 1.85 bits per heavy atom. The van der Waals surface area contributed by atoms with Gasteiger partial charge in [0.15, 0.2) is 0 Å². The number of nitrogens with zero attached hydrogens (tertiary/aromatic N) is 3. The highest BCUT2D eigenvalue weighted by molar-refractivity contribution is 7.18. The number of halogens is 3. The Morgan fingerprint density at radius 1 is 1.10 bits per heavy atom. The Bertz CT molecular complexity index is 1770. The smallest absolute Gasteiger partial charge is 0.274 e. The maximum absolute atomic E-state index is 14.3. The van der Waals surface area contributed by atoms with Crippen molar-refractivity contribution < 1.29 is 18.3 Å². The molecule has 10 heteroatoms. The summed E-state index contributed by atoms with van der Waals surface area (Å²) in [5, 5.41) is 1.12. The SMILES string of the molecule is COc1cc(F)ccc1-c1nc(C(=O)N2CCCC2(C)c2nc3c(C)c(Cl)ccc3[nH]2)c(-c2ccc(F)cc2)s1. The van der Waals surface area contributed by atoms with Crippen molar-refractivity contribution in [2.24, 2.45) is 0 Å². The molecule has 2 aromatic heterocycles. The zero-order chi connectivity index (χ0) is 28.2. The number of H-pyrrole nitrogens is 1. The largest absolute Gasteiger partial charge is 0.496 e. The van der Waals surface area contributed by atoms with Gasteiger partial charge in [0.1, 0.15) is 33.9 Å². The minimum Gasteiger partial charge on any atom is -0.496 e. The first-order chi connectivity index (χ1) is 19.2. The van der Waals surface area contributed by atoms with Gasteiger partial charge in [-0.3, -0.25) is 4.79 Å². The highest BCUT2D eigenvalue weighted by Crippen LogP contribution is 2.43. The normalized spacial score (nSPS) is 17.1. The number of likely N-dealkylation sites (tertiary alicyclic amines) is 1. The van der Waals surface area contributed by atoms with E-state index >= 15 is 0 Å². The summed E-state index contributed by atoms with van der Waals surface area (Å²) in [6.07, 6.45) is 1.49. The van der Waals surface area contributed by atoms with Crippen molar-refractivity contribution in [3.05, 3.63) is 88.3 Å². The number of nitrogens with one attached hydrogen (secondary N) is 1. The molecule has 0 saturated carbocycles. The fourth-order valence-electron chi connectivity index (χ4n) is 5.32. The minimum absolute atomic E-state index is 0.237. The number of aryl methyl sites for hydroxylation is 1. The summed E-state index contributed by atoms with van der Waals surface area (Å²) in [6, 6.07) is 13.9. The van der Waals surface area contributed by atoms with E-state index in [1.807, 2.05) is 26.0 Å². The van der Waals surface area contributed by atoms with Gasteiger partial charge in [-0.25, -0.2) is 18.7 Å². The predicted octanol–water partition coefficient (Wildman–Crippen LogP) is 7.75. The number of fused-ring (bicyclic) bond motifs is 1. The maximum Gasteiger partial charge on any atom is 0.274 e. The van der Waals surface area contributed by atoms with E-state index in [1.54, 1.807) is 23.1 Å². The Hall–Kier alpha value is -3.82. The highest BCUT2D eigenvalue weighted by Gasteiger charge is 2.45. The van der Waals surface area contributed by atoms with Crippen LogP contribution in [0.25, 0.3) is 32.0 Å². The second-order valence-electron chi connectivity index (χ2n) is 10.0. The molecule has 1 unspecified atom stereocenters. The van der Waals surface area contributed by atoms with E-state index in [0.29, 0.717) is 50.6 Å². The summed E-state index contributed by atoms with van der Waals surface area (Å²) < 4.78 is 33.1. The first kappa shape index (κ1) is 26.4. The number of aromatic amines is 1. The van der Waals surface area contributed by atoms with E-state index in [2.05, 4.69) is 4.98 Å². The number of methoxy groups -OCH3 is 1. The van der Waals surface area contributed by atoms with Crippen molar-refractivity contribution in [3.63, 3.8) is 0 Å². The number of thiazole rings is 1. The summed E-state index contributed by atoms with van der Waals surface area (Å²) in [7, 11) is 1.46. The number of amides is 1. The molecule has 0 spiro atoms. The average molecular weight is 579 g/mol. The van der Waals surface area contributed by atoms with Crippen molar-refractivity contribution in [3.8, 4) is 26.8 Å². The standard InChI is InChI=1S/C30H25ClF2N4O2S/c1-16-21(31)11-12-22-24(16)36-29(34-22)30(2)13-4-14-37(30)28(38)25-26(17-5-7-18(32)8-6-17)40-27(35-25)20-10-9-19(33)15-23(20)39-3/h5-12,15H,4,13-14H2,1-3H3,(H,34,36). The fraction of sp³-hybridized carbons (Fsp3) is 0.233. The van der Waals surface area contributed by atoms with Crippen LogP contribution in [0.2, 0.25) is 5.02 Å². The molecule has 3 aromatic carbocycles. The molecule has 1 amide bonds. The zero-order valence-corrected chi connectivity index (χ0v) is 23.6. The van der Waals surface area contributed by atoms with Gasteiger partial charge < -0.3 is 14.6 Å². The van der Waals surface area contributed by atoms with Gasteiger partial charge in [-0.2, -0.15) is 0 Å². The van der Waals surface area contributed by atoms with Crippen LogP contribution in [0.3, 0.4) is 0 Å². The van der Waals surface area contributed by atoms with Crippen LogP contribution >= 0.6 is 22.9 Å². The second kappa shape index (κ2) is 9.98. The number of hydrogen-bond donors (Lipinski definition) is 1. The van der Waals surface area contributed by atoms with E-state index in [4.69, 9.17) is 26.3 Å². The molecule has 6 nitrogen and oxygen atoms in total. The van der Waals surface area contributed by atoms with Gasteiger partial charge in [0, 0.05) is 17.6 Å². The molecule has 1 saturated heterocycles. The second-order valence-corrected chi connectivity index (χ2v) is 11.4. The lowest BCUT2D eigenvalue weighted by molar-refractivity contribution is 0.0601. The lowest BCUT2D eigenvalue weighted by Crippen LogP contribution is -2.44. The summed E-state index contributed by atoms with van der Waals surface area (Å²) >= 11 is 7.62. The molecule has 1 atom stereocenters. The quantitative estimate of drug-likeness (QED) is 0.231. The summed E-state index contributed by atoms with van der Waals surface area (Å²) in [6.45, 7) is 4.44. The third-order valence-electron chi connectivity index (χ3n) is 7.57. The molecule has 1 aliphatic rings. The number of hydrogen-bond acceptors (Lipinski definition) is 5. The van der Waals surface area contributed by atoms with Gasteiger partial charge in [-0.15, -0.1) is 11.3 Å². The molecule has 0 bridgehead atoms. The van der Waals surface area contributed by atoms with Gasteiger partial charge >= 0.3 is 0 Å². The van der Waals surface area contributed by atoms with Crippen LogP contribution < -0.4 is 4.74 Å². The number of rotatable bonds is 5. The number of carbonyl (C=O) groups excluding carboxylic acids is 1. The van der Waals surface area contributed by atoms with E-state index in [0.717, 1.165) is 23.0 Å². The predicted molar refractivity (Wildman–Crippen MR) is 153 cm³/mol. The molecular weight excluding hydrogens is 554 g/mol. The van der Waals surface area contributed by atoms with E-state index in [1.165, 1.54) is 42.7 Å². The van der Waals surface area contributed by atoms with Crippen LogP contribution in [0.15, 0.2) is 54.6 Å². The van der Waals surface area contributed by atoms with Crippen LogP contribution in [0.5, 0.6) is 5.75 Å². The number of imidazole rings is 1. The van der Waals surface area contributed by atoms with Gasteiger partial charge in [0.2, 0.25) is 0 Å². The summed E-state index contributed by atoms with van der Waals surface area (Å²) in [5.74, 6) is -0.104. The summed E-state index contributed by atoms with van der Waals surface area (Å²) in [4.78, 5) is 29.8. The van der Waals surface area contributed by atoms with Crippen molar-refractivity contribution in [2.45, 2.75) is 32.2 Å². The Balaban J connectivity index is 1.47. The molecule has 3 heterocycles. The van der Waals surface area contributed by atoms with Gasteiger partial charge in [-0.1, -0.05) is 23.7 Å². The first-order valence-corrected chi connectivity index (χ1v) is 14.0. The lowest BCUT2D eigenvalue weighted by Gasteiger charge is -2.33. The van der Waals surface area contributed by atoms with Crippen LogP contribution in [-0.2, 0) is 5.54 Å². The van der Waals surface area contributed by atoms with Gasteiger partial charge in [0.25, 0.3) is 5.91 Å². The average Bonchev–Trinajstić information content (AvgIpc) is 3.68. The zero-order valence-electron chi connectivity index (χ0n) is 22.0. The molecule has 6 rings (SSSR count). The van der Waals surface area contributed by atoms with Crippen LogP contribution in [0.1, 0.15) is 41.6 Å². The van der Waals surface area contributed by atoms with Crippen molar-refractivity contribution >= 4 is 39.9 Å². The van der Waals surface area contributed by atoms with Crippen molar-refractivity contribution in [1.82, 2.24) is 19.9 Å². The fourth-order valence-corrected chi connectivity index (χ4v) is 6.57. The minimum atomic E-state index is -0.716. The monoisotopic (exact) mass is 578 g/mol. The topological polar surface area (TPSA) is 71.1 Å². The molecule has 1 fully saturated rings. The number of aromatic nitrogens is 3. The van der Waals surface area contributed by atoms with E-state index in [-0.39, 0.29) is 17.4 Å². The van der Waals surface area contributed by atoms with E-state index < -0.39 is 11.4 Å². The highest BCUT2D eigenvalue weighted by atomic mass is 35.5. The molecule has 1 N–H and O–H groups in total. The lowest BCUT2D eigenvalue weighted by atomic mass is 9.97.